The van der Waals surface area contributed by atoms with Crippen molar-refractivity contribution in [3.63, 3.8) is 0 Å². The number of nitrogens with zero attached hydrogens (tertiary/aromatic N) is 1. The van der Waals surface area contributed by atoms with Crippen molar-refractivity contribution >= 4 is 5.78 Å². The number of morpholine rings is 1. The van der Waals surface area contributed by atoms with Crippen LogP contribution in [-0.2, 0) is 9.53 Å². The molecule has 12 heavy (non-hydrogen) atoms. The number of ether oxygens (including phenoxy) is 1. The maximum Gasteiger partial charge on any atom is 0.143 e. The fourth-order valence-electron chi connectivity index (χ4n) is 1.07. The van der Waals surface area contributed by atoms with Crippen LogP contribution in [0.2, 0.25) is 0 Å². The smallest absolute Gasteiger partial charge is 0.143 e. The van der Waals surface area contributed by atoms with Crippen LogP contribution < -0.4 is 0 Å². The fourth-order valence-corrected chi connectivity index (χ4v) is 1.07. The van der Waals surface area contributed by atoms with E-state index in [4.69, 9.17) is 4.74 Å². The van der Waals surface area contributed by atoms with Crippen molar-refractivity contribution in [2.75, 3.05) is 32.8 Å². The average Bonchev–Trinajstić information content (AvgIpc) is 2.08. The highest BCUT2D eigenvalue weighted by atomic mass is 16.5. The lowest BCUT2D eigenvalue weighted by molar-refractivity contribution is -0.119. The predicted molar refractivity (Wildman–Crippen MR) is 49.3 cm³/mol. The van der Waals surface area contributed by atoms with Crippen molar-refractivity contribution in [2.24, 2.45) is 0 Å². The van der Waals surface area contributed by atoms with Crippen LogP contribution in [0, 0.1) is 0 Å². The van der Waals surface area contributed by atoms with Gasteiger partial charge >= 0.3 is 0 Å². The molecule has 0 aromatic rings. The number of Topliss-reactive ketones (excluding diaryl/α,β-unsaturated/α-hetero) is 1. The first kappa shape index (κ1) is 11.6. The molecule has 0 atom stereocenters. The van der Waals surface area contributed by atoms with Crippen LogP contribution in [0.15, 0.2) is 0 Å². The maximum atomic E-state index is 10.6. The molecule has 3 heteroatoms. The molecule has 0 N–H and O–H groups in total. The van der Waals surface area contributed by atoms with E-state index in [1.165, 1.54) is 0 Å². The van der Waals surface area contributed by atoms with Crippen LogP contribution >= 0.6 is 0 Å². The zero-order valence-corrected chi connectivity index (χ0v) is 8.30. The summed E-state index contributed by atoms with van der Waals surface area (Å²) in [6.45, 7) is 9.55. The normalized spacial score (nSPS) is 17.9. The fraction of sp³-hybridized carbons (Fsp3) is 0.889. The molecule has 0 saturated carbocycles. The molecule has 0 amide bonds. The topological polar surface area (TPSA) is 29.5 Å². The zero-order valence-electron chi connectivity index (χ0n) is 8.30. The van der Waals surface area contributed by atoms with Gasteiger partial charge in [-0.05, 0) is 6.92 Å². The van der Waals surface area contributed by atoms with E-state index >= 15 is 0 Å². The Kier molecular flexibility index (Phi) is 7.00. The lowest BCUT2D eigenvalue weighted by Gasteiger charge is -2.25. The molecule has 1 fully saturated rings. The lowest BCUT2D eigenvalue weighted by atomic mass is 10.3. The van der Waals surface area contributed by atoms with Gasteiger partial charge in [-0.2, -0.15) is 0 Å². The molecule has 0 bridgehead atoms. The Balaban J connectivity index is 0.000000561. The third-order valence-corrected chi connectivity index (χ3v) is 1.55. The monoisotopic (exact) mass is 173 g/mol. The summed E-state index contributed by atoms with van der Waals surface area (Å²) in [5.41, 5.74) is 0. The molecule has 72 valence electrons. The van der Waals surface area contributed by atoms with Gasteiger partial charge in [-0.1, -0.05) is 13.8 Å². The number of hydrogen-bond acceptors (Lipinski definition) is 3. The van der Waals surface area contributed by atoms with E-state index in [-0.39, 0.29) is 5.78 Å². The summed E-state index contributed by atoms with van der Waals surface area (Å²) in [7, 11) is 0. The predicted octanol–water partition coefficient (Wildman–Crippen LogP) is 0.934. The van der Waals surface area contributed by atoms with Crippen molar-refractivity contribution in [3.05, 3.63) is 0 Å². The second-order valence-corrected chi connectivity index (χ2v) is 2.59. The minimum Gasteiger partial charge on any atom is -0.379 e. The zero-order chi connectivity index (χ0) is 9.40. The van der Waals surface area contributed by atoms with Crippen LogP contribution in [0.1, 0.15) is 20.8 Å². The van der Waals surface area contributed by atoms with Crippen molar-refractivity contribution in [3.8, 4) is 0 Å². The molecular formula is C9H19NO2. The molecule has 1 saturated heterocycles. The molecule has 1 heterocycles. The largest absolute Gasteiger partial charge is 0.379 e. The summed E-state index contributed by atoms with van der Waals surface area (Å²) in [4.78, 5) is 12.7. The van der Waals surface area contributed by atoms with Crippen LogP contribution in [-0.4, -0.2) is 43.5 Å². The van der Waals surface area contributed by atoms with E-state index in [9.17, 15) is 4.79 Å². The number of ketones is 1. The number of hydrogen-bond donors (Lipinski definition) is 0. The highest BCUT2D eigenvalue weighted by Gasteiger charge is 2.10. The second kappa shape index (κ2) is 7.25. The molecule has 3 nitrogen and oxygen atoms in total. The highest BCUT2D eigenvalue weighted by molar-refractivity contribution is 5.77. The van der Waals surface area contributed by atoms with Crippen molar-refractivity contribution in [1.82, 2.24) is 4.90 Å². The van der Waals surface area contributed by atoms with E-state index in [2.05, 4.69) is 4.90 Å². The van der Waals surface area contributed by atoms with Gasteiger partial charge in [-0.25, -0.2) is 0 Å². The summed E-state index contributed by atoms with van der Waals surface area (Å²) < 4.78 is 5.13. The minimum absolute atomic E-state index is 0.238. The summed E-state index contributed by atoms with van der Waals surface area (Å²) in [5, 5.41) is 0. The van der Waals surface area contributed by atoms with Gasteiger partial charge < -0.3 is 4.74 Å². The number of carbonyl (C=O) groups excluding carboxylic acids is 1. The standard InChI is InChI=1S/C7H13NO2.C2H6/c1-7(9)6-8-2-4-10-5-3-8;1-2/h2-6H2,1H3;1-2H3. The lowest BCUT2D eigenvalue weighted by Crippen LogP contribution is -2.38. The number of rotatable bonds is 2. The SMILES string of the molecule is CC.CC(=O)CN1CCOCC1. The van der Waals surface area contributed by atoms with Crippen LogP contribution in [0.25, 0.3) is 0 Å². The van der Waals surface area contributed by atoms with Gasteiger partial charge in [0.25, 0.3) is 0 Å². The molecule has 1 rings (SSSR count). The molecule has 0 aliphatic carbocycles. The molecule has 0 spiro atoms. The molecule has 1 aliphatic heterocycles. The van der Waals surface area contributed by atoms with Crippen LogP contribution in [0.4, 0.5) is 0 Å². The quantitative estimate of drug-likeness (QED) is 0.622. The summed E-state index contributed by atoms with van der Waals surface area (Å²) in [5.74, 6) is 0.238. The molecular weight excluding hydrogens is 154 g/mol. The van der Waals surface area contributed by atoms with Crippen LogP contribution in [0.3, 0.4) is 0 Å². The summed E-state index contributed by atoms with van der Waals surface area (Å²) >= 11 is 0. The van der Waals surface area contributed by atoms with Gasteiger partial charge in [0, 0.05) is 13.1 Å². The third-order valence-electron chi connectivity index (χ3n) is 1.55. The van der Waals surface area contributed by atoms with E-state index in [0.29, 0.717) is 6.54 Å². The van der Waals surface area contributed by atoms with Gasteiger partial charge in [-0.3, -0.25) is 9.69 Å². The third kappa shape index (κ3) is 5.27. The Morgan fingerprint density at radius 3 is 2.25 bits per heavy atom. The van der Waals surface area contributed by atoms with Crippen LogP contribution in [0.5, 0.6) is 0 Å². The van der Waals surface area contributed by atoms with E-state index < -0.39 is 0 Å². The van der Waals surface area contributed by atoms with Gasteiger partial charge in [0.2, 0.25) is 0 Å². The Hall–Kier alpha value is -0.410. The molecule has 0 aromatic heterocycles. The number of carbonyl (C=O) groups is 1. The average molecular weight is 173 g/mol. The van der Waals surface area contributed by atoms with E-state index in [0.717, 1.165) is 26.3 Å². The Bertz CT molecular complexity index is 120. The highest BCUT2D eigenvalue weighted by Crippen LogP contribution is 1.95. The first-order chi connectivity index (χ1) is 5.79. The van der Waals surface area contributed by atoms with Crippen molar-refractivity contribution in [2.45, 2.75) is 20.8 Å². The molecule has 0 unspecified atom stereocenters. The van der Waals surface area contributed by atoms with Gasteiger partial charge in [0.1, 0.15) is 5.78 Å². The first-order valence-corrected chi connectivity index (χ1v) is 4.58. The molecule has 1 aliphatic rings. The van der Waals surface area contributed by atoms with Gasteiger partial charge in [0.15, 0.2) is 0 Å². The molecule has 0 radical (unpaired) electrons. The van der Waals surface area contributed by atoms with Gasteiger partial charge in [-0.15, -0.1) is 0 Å². The van der Waals surface area contributed by atoms with E-state index in [1.54, 1.807) is 6.92 Å². The minimum atomic E-state index is 0.238. The van der Waals surface area contributed by atoms with Gasteiger partial charge in [0.05, 0.1) is 19.8 Å². The van der Waals surface area contributed by atoms with Crippen molar-refractivity contribution < 1.29 is 9.53 Å². The second-order valence-electron chi connectivity index (χ2n) is 2.59. The Morgan fingerprint density at radius 2 is 1.83 bits per heavy atom. The van der Waals surface area contributed by atoms with Crippen molar-refractivity contribution in [1.29, 1.82) is 0 Å². The van der Waals surface area contributed by atoms with E-state index in [1.807, 2.05) is 13.8 Å². The Labute approximate surface area is 74.7 Å². The molecule has 0 aromatic carbocycles. The summed E-state index contributed by atoms with van der Waals surface area (Å²) in [6.07, 6.45) is 0. The summed E-state index contributed by atoms with van der Waals surface area (Å²) in [6, 6.07) is 0. The maximum absolute atomic E-state index is 10.6. The Morgan fingerprint density at radius 1 is 1.33 bits per heavy atom. The first-order valence-electron chi connectivity index (χ1n) is 4.58.